The first-order chi connectivity index (χ1) is 16.1. The average molecular weight is 498 g/mol. The summed E-state index contributed by atoms with van der Waals surface area (Å²) in [5.74, 6) is -2.14. The Balaban J connectivity index is 1.74. The summed E-state index contributed by atoms with van der Waals surface area (Å²) in [4.78, 5) is 41.9. The Morgan fingerprint density at radius 2 is 1.83 bits per heavy atom. The molecule has 4 atom stereocenters. The lowest BCUT2D eigenvalue weighted by molar-refractivity contribution is -0.159. The summed E-state index contributed by atoms with van der Waals surface area (Å²) in [6.45, 7) is 8.15. The predicted molar refractivity (Wildman–Crippen MR) is 124 cm³/mol. The lowest BCUT2D eigenvalue weighted by atomic mass is 9.68. The van der Waals surface area contributed by atoms with E-state index in [4.69, 9.17) is 0 Å². The number of nitrogens with one attached hydrogen (secondary N) is 1. The molecule has 2 aliphatic rings. The monoisotopic (exact) mass is 497 g/mol. The van der Waals surface area contributed by atoms with E-state index in [9.17, 15) is 32.7 Å². The molecule has 1 saturated heterocycles. The SMILES string of the molecule is CN([C@@H]1CC[C@H](N2CC[C@H](NC(=O)c3cccc(C(F)(F)F)c3)C2=O)[C@](C)(C(=O)O)C1)C(C)(C)C. The van der Waals surface area contributed by atoms with E-state index in [-0.39, 0.29) is 30.1 Å². The van der Waals surface area contributed by atoms with Gasteiger partial charge in [0.2, 0.25) is 5.91 Å². The van der Waals surface area contributed by atoms with Crippen molar-refractivity contribution >= 4 is 17.8 Å². The summed E-state index contributed by atoms with van der Waals surface area (Å²) in [5.41, 5.74) is -2.44. The molecule has 7 nitrogen and oxygen atoms in total. The Morgan fingerprint density at radius 3 is 2.40 bits per heavy atom. The van der Waals surface area contributed by atoms with Crippen LogP contribution in [-0.4, -0.2) is 69.9 Å². The minimum absolute atomic E-state index is 0.0430. The van der Waals surface area contributed by atoms with E-state index in [1.165, 1.54) is 6.07 Å². The molecule has 2 fully saturated rings. The maximum Gasteiger partial charge on any atom is 0.416 e. The number of aliphatic carboxylic acids is 1. The van der Waals surface area contributed by atoms with Crippen molar-refractivity contribution in [3.63, 3.8) is 0 Å². The summed E-state index contributed by atoms with van der Waals surface area (Å²) in [6.07, 6.45) is -2.70. The number of benzene rings is 1. The van der Waals surface area contributed by atoms with Gasteiger partial charge in [0.25, 0.3) is 5.91 Å². The lowest BCUT2D eigenvalue weighted by Gasteiger charge is -2.50. The highest BCUT2D eigenvalue weighted by Gasteiger charge is 2.53. The molecule has 35 heavy (non-hydrogen) atoms. The largest absolute Gasteiger partial charge is 0.481 e. The minimum Gasteiger partial charge on any atom is -0.481 e. The van der Waals surface area contributed by atoms with Gasteiger partial charge in [0.1, 0.15) is 6.04 Å². The topological polar surface area (TPSA) is 90.0 Å². The Bertz CT molecular complexity index is 991. The van der Waals surface area contributed by atoms with Crippen LogP contribution in [0.15, 0.2) is 24.3 Å². The molecule has 3 rings (SSSR count). The van der Waals surface area contributed by atoms with Crippen LogP contribution in [0, 0.1) is 5.41 Å². The van der Waals surface area contributed by atoms with Gasteiger partial charge in [-0.25, -0.2) is 0 Å². The van der Waals surface area contributed by atoms with Crippen LogP contribution in [0.2, 0.25) is 0 Å². The van der Waals surface area contributed by atoms with E-state index in [1.807, 2.05) is 7.05 Å². The standard InChI is InChI=1S/C25H34F3N3O4/c1-23(2,3)30(5)17-9-10-19(24(4,14-17)22(34)35)31-12-11-18(21(31)33)29-20(32)15-7-6-8-16(13-15)25(26,27)28/h6-8,13,17-19H,9-12,14H2,1-5H3,(H,29,32)(H,34,35)/t17-,18+,19+,24-/m1/s1. The molecule has 1 aromatic carbocycles. The molecule has 0 radical (unpaired) electrons. The minimum atomic E-state index is -4.59. The van der Waals surface area contributed by atoms with E-state index in [0.29, 0.717) is 12.8 Å². The molecule has 2 N–H and O–H groups in total. The van der Waals surface area contributed by atoms with Gasteiger partial charge in [0.15, 0.2) is 0 Å². The number of hydrogen-bond acceptors (Lipinski definition) is 4. The number of carbonyl (C=O) groups is 3. The third kappa shape index (κ3) is 5.47. The van der Waals surface area contributed by atoms with Gasteiger partial charge in [-0.05, 0) is 78.6 Å². The van der Waals surface area contributed by atoms with Crippen LogP contribution >= 0.6 is 0 Å². The third-order valence-corrected chi connectivity index (χ3v) is 7.64. The van der Waals surface area contributed by atoms with Crippen LogP contribution in [0.5, 0.6) is 0 Å². The number of carbonyl (C=O) groups excluding carboxylic acids is 2. The van der Waals surface area contributed by atoms with Gasteiger partial charge < -0.3 is 15.3 Å². The van der Waals surface area contributed by atoms with Crippen LogP contribution in [0.25, 0.3) is 0 Å². The van der Waals surface area contributed by atoms with Crippen LogP contribution in [0.1, 0.15) is 69.3 Å². The second-order valence-electron chi connectivity index (χ2n) is 10.9. The van der Waals surface area contributed by atoms with Crippen molar-refractivity contribution in [3.8, 4) is 0 Å². The van der Waals surface area contributed by atoms with Gasteiger partial charge in [-0.1, -0.05) is 6.07 Å². The zero-order valence-electron chi connectivity index (χ0n) is 20.8. The molecule has 1 saturated carbocycles. The Morgan fingerprint density at radius 1 is 1.17 bits per heavy atom. The van der Waals surface area contributed by atoms with Crippen LogP contribution < -0.4 is 5.32 Å². The molecule has 1 aliphatic heterocycles. The molecule has 1 heterocycles. The Hall–Kier alpha value is -2.62. The van der Waals surface area contributed by atoms with Crippen LogP contribution in [0.3, 0.4) is 0 Å². The number of nitrogens with zero attached hydrogens (tertiary/aromatic N) is 2. The molecular weight excluding hydrogens is 463 g/mol. The molecular formula is C25H34F3N3O4. The summed E-state index contributed by atoms with van der Waals surface area (Å²) < 4.78 is 39.0. The van der Waals surface area contributed by atoms with Crippen molar-refractivity contribution in [1.82, 2.24) is 15.1 Å². The number of carboxylic acid groups (broad SMARTS) is 1. The van der Waals surface area contributed by atoms with Gasteiger partial charge >= 0.3 is 12.1 Å². The van der Waals surface area contributed by atoms with Crippen LogP contribution in [-0.2, 0) is 15.8 Å². The fourth-order valence-corrected chi connectivity index (χ4v) is 5.23. The molecule has 2 amide bonds. The number of carboxylic acids is 1. The van der Waals surface area contributed by atoms with E-state index < -0.39 is 47.0 Å². The van der Waals surface area contributed by atoms with Crippen molar-refractivity contribution in [1.29, 1.82) is 0 Å². The van der Waals surface area contributed by atoms with Crippen molar-refractivity contribution < 1.29 is 32.7 Å². The quantitative estimate of drug-likeness (QED) is 0.646. The summed E-state index contributed by atoms with van der Waals surface area (Å²) in [7, 11) is 1.98. The molecule has 0 spiro atoms. The number of halogens is 3. The summed E-state index contributed by atoms with van der Waals surface area (Å²) in [5, 5.41) is 12.7. The molecule has 1 aliphatic carbocycles. The van der Waals surface area contributed by atoms with Gasteiger partial charge in [0, 0.05) is 29.7 Å². The highest BCUT2D eigenvalue weighted by Crippen LogP contribution is 2.43. The first-order valence-corrected chi connectivity index (χ1v) is 11.8. The number of rotatable bonds is 5. The molecule has 0 bridgehead atoms. The van der Waals surface area contributed by atoms with Crippen molar-refractivity contribution in [3.05, 3.63) is 35.4 Å². The van der Waals surface area contributed by atoms with Crippen LogP contribution in [0.4, 0.5) is 13.2 Å². The maximum absolute atomic E-state index is 13.2. The fraction of sp³-hybridized carbons (Fsp3) is 0.640. The summed E-state index contributed by atoms with van der Waals surface area (Å²) in [6, 6.07) is 2.63. The Kier molecular flexibility index (Phi) is 7.28. The number of likely N-dealkylation sites (tertiary alicyclic amines) is 1. The predicted octanol–water partition coefficient (Wildman–Crippen LogP) is 3.78. The van der Waals surface area contributed by atoms with Gasteiger partial charge in [0.05, 0.1) is 11.0 Å². The highest BCUT2D eigenvalue weighted by molar-refractivity contribution is 5.98. The van der Waals surface area contributed by atoms with Gasteiger partial charge in [-0.15, -0.1) is 0 Å². The fourth-order valence-electron chi connectivity index (χ4n) is 5.23. The molecule has 194 valence electrons. The van der Waals surface area contributed by atoms with E-state index in [2.05, 4.69) is 31.0 Å². The smallest absolute Gasteiger partial charge is 0.416 e. The zero-order valence-corrected chi connectivity index (χ0v) is 20.8. The third-order valence-electron chi connectivity index (χ3n) is 7.64. The second-order valence-corrected chi connectivity index (χ2v) is 10.9. The van der Waals surface area contributed by atoms with Crippen molar-refractivity contribution in [2.75, 3.05) is 13.6 Å². The molecule has 0 aromatic heterocycles. The molecule has 0 unspecified atom stereocenters. The maximum atomic E-state index is 13.2. The molecule has 10 heteroatoms. The highest BCUT2D eigenvalue weighted by atomic mass is 19.4. The van der Waals surface area contributed by atoms with Crippen molar-refractivity contribution in [2.45, 2.75) is 83.2 Å². The van der Waals surface area contributed by atoms with Gasteiger partial charge in [-0.2, -0.15) is 13.2 Å². The normalized spacial score (nSPS) is 27.9. The average Bonchev–Trinajstić information content (AvgIpc) is 3.11. The van der Waals surface area contributed by atoms with E-state index in [0.717, 1.165) is 24.6 Å². The van der Waals surface area contributed by atoms with E-state index >= 15 is 0 Å². The lowest BCUT2D eigenvalue weighted by Crippen LogP contribution is -2.59. The second kappa shape index (κ2) is 9.44. The van der Waals surface area contributed by atoms with Gasteiger partial charge in [-0.3, -0.25) is 19.3 Å². The first kappa shape index (κ1) is 27.0. The number of amides is 2. The Labute approximate surface area is 203 Å². The zero-order chi connectivity index (χ0) is 26.3. The number of hydrogen-bond donors (Lipinski definition) is 2. The van der Waals surface area contributed by atoms with Crippen molar-refractivity contribution in [2.24, 2.45) is 5.41 Å². The van der Waals surface area contributed by atoms with E-state index in [1.54, 1.807) is 11.8 Å². The number of alkyl halides is 3. The summed E-state index contributed by atoms with van der Waals surface area (Å²) >= 11 is 0. The molecule has 1 aromatic rings. The first-order valence-electron chi connectivity index (χ1n) is 11.8.